The smallest absolute Gasteiger partial charge is 0.165 e. The first-order valence-corrected chi connectivity index (χ1v) is 5.01. The van der Waals surface area contributed by atoms with Crippen LogP contribution in [0.2, 0.25) is 0 Å². The van der Waals surface area contributed by atoms with Crippen molar-refractivity contribution in [3.8, 4) is 5.75 Å². The number of hydrogen-bond acceptors (Lipinski definition) is 2. The second-order valence-corrected chi connectivity index (χ2v) is 4.12. The fraction of sp³-hybridized carbons (Fsp3) is 0.455. The number of halogens is 2. The van der Waals surface area contributed by atoms with Crippen LogP contribution in [0.25, 0.3) is 0 Å². The van der Waals surface area contributed by atoms with Gasteiger partial charge in [0.2, 0.25) is 0 Å². The first kappa shape index (κ1) is 10.4. The second kappa shape index (κ2) is 3.45. The summed E-state index contributed by atoms with van der Waals surface area (Å²) < 4.78 is 26.6. The van der Waals surface area contributed by atoms with Gasteiger partial charge in [0.1, 0.15) is 5.82 Å². The third-order valence-corrected chi connectivity index (χ3v) is 3.07. The van der Waals surface area contributed by atoms with Crippen LogP contribution in [0.1, 0.15) is 31.2 Å². The molecule has 0 unspecified atom stereocenters. The van der Waals surface area contributed by atoms with Crippen molar-refractivity contribution in [3.63, 3.8) is 0 Å². The maximum Gasteiger partial charge on any atom is 0.165 e. The van der Waals surface area contributed by atoms with Crippen molar-refractivity contribution < 1.29 is 13.9 Å². The lowest BCUT2D eigenvalue weighted by molar-refractivity contribution is 0.368. The van der Waals surface area contributed by atoms with E-state index in [2.05, 4.69) is 0 Å². The molecule has 1 aliphatic rings. The Labute approximate surface area is 86.7 Å². The normalized spacial score (nSPS) is 19.4. The molecule has 0 heterocycles. The van der Waals surface area contributed by atoms with Gasteiger partial charge in [0, 0.05) is 5.54 Å². The predicted octanol–water partition coefficient (Wildman–Crippen LogP) is 2.40. The molecule has 1 aliphatic carbocycles. The Kier molecular flexibility index (Phi) is 2.38. The lowest BCUT2D eigenvalue weighted by Crippen LogP contribution is -2.34. The van der Waals surface area contributed by atoms with E-state index in [0.29, 0.717) is 12.8 Å². The minimum atomic E-state index is -0.906. The highest BCUT2D eigenvalue weighted by Gasteiger charge is 2.36. The van der Waals surface area contributed by atoms with Gasteiger partial charge in [-0.05, 0) is 25.0 Å². The van der Waals surface area contributed by atoms with Crippen LogP contribution in [0.3, 0.4) is 0 Å². The summed E-state index contributed by atoms with van der Waals surface area (Å²) in [7, 11) is 0. The Morgan fingerprint density at radius 2 is 1.67 bits per heavy atom. The first-order valence-electron chi connectivity index (χ1n) is 5.01. The molecule has 1 aromatic rings. The summed E-state index contributed by atoms with van der Waals surface area (Å²) in [5.74, 6) is -2.08. The lowest BCUT2D eigenvalue weighted by Gasteiger charge is -2.25. The fourth-order valence-corrected chi connectivity index (χ4v) is 2.27. The van der Waals surface area contributed by atoms with Crippen LogP contribution in [0.15, 0.2) is 12.1 Å². The zero-order valence-electron chi connectivity index (χ0n) is 8.26. The Balaban J connectivity index is 2.55. The molecule has 1 saturated carbocycles. The van der Waals surface area contributed by atoms with Crippen LogP contribution < -0.4 is 5.73 Å². The molecule has 1 aromatic carbocycles. The van der Waals surface area contributed by atoms with Gasteiger partial charge in [-0.15, -0.1) is 0 Å². The van der Waals surface area contributed by atoms with Crippen molar-refractivity contribution in [2.45, 2.75) is 31.2 Å². The zero-order valence-corrected chi connectivity index (χ0v) is 8.26. The van der Waals surface area contributed by atoms with Crippen LogP contribution >= 0.6 is 0 Å². The molecule has 2 rings (SSSR count). The molecule has 15 heavy (non-hydrogen) atoms. The van der Waals surface area contributed by atoms with Crippen LogP contribution in [0, 0.1) is 11.6 Å². The highest BCUT2D eigenvalue weighted by Crippen LogP contribution is 2.42. The van der Waals surface area contributed by atoms with E-state index in [4.69, 9.17) is 5.73 Å². The van der Waals surface area contributed by atoms with Gasteiger partial charge in [0.05, 0.1) is 5.56 Å². The average molecular weight is 213 g/mol. The summed E-state index contributed by atoms with van der Waals surface area (Å²) in [4.78, 5) is 0. The van der Waals surface area contributed by atoms with E-state index in [1.807, 2.05) is 0 Å². The van der Waals surface area contributed by atoms with Gasteiger partial charge < -0.3 is 10.8 Å². The summed E-state index contributed by atoms with van der Waals surface area (Å²) in [5.41, 5.74) is 5.01. The molecule has 0 atom stereocenters. The van der Waals surface area contributed by atoms with E-state index < -0.39 is 22.9 Å². The lowest BCUT2D eigenvalue weighted by atomic mass is 9.88. The number of nitrogens with two attached hydrogens (primary N) is 1. The minimum absolute atomic E-state index is 0.0694. The van der Waals surface area contributed by atoms with Gasteiger partial charge in [0.25, 0.3) is 0 Å². The van der Waals surface area contributed by atoms with Gasteiger partial charge in [-0.3, -0.25) is 0 Å². The molecule has 0 amide bonds. The van der Waals surface area contributed by atoms with Crippen molar-refractivity contribution in [2.24, 2.45) is 5.73 Å². The summed E-state index contributed by atoms with van der Waals surface area (Å²) >= 11 is 0. The number of hydrogen-bond donors (Lipinski definition) is 2. The van der Waals surface area contributed by atoms with Gasteiger partial charge >= 0.3 is 0 Å². The maximum atomic E-state index is 13.5. The Bertz CT molecular complexity index is 386. The van der Waals surface area contributed by atoms with Crippen molar-refractivity contribution in [3.05, 3.63) is 29.3 Å². The number of aromatic hydroxyl groups is 1. The van der Waals surface area contributed by atoms with Crippen molar-refractivity contribution in [2.75, 3.05) is 0 Å². The molecule has 0 saturated heterocycles. The van der Waals surface area contributed by atoms with Crippen molar-refractivity contribution in [1.82, 2.24) is 0 Å². The van der Waals surface area contributed by atoms with Crippen LogP contribution in [0.4, 0.5) is 8.78 Å². The van der Waals surface area contributed by atoms with Crippen LogP contribution in [0.5, 0.6) is 5.75 Å². The molecular weight excluding hydrogens is 200 g/mol. The third kappa shape index (κ3) is 1.59. The Morgan fingerprint density at radius 1 is 1.13 bits per heavy atom. The van der Waals surface area contributed by atoms with Crippen molar-refractivity contribution >= 4 is 0 Å². The van der Waals surface area contributed by atoms with E-state index in [9.17, 15) is 13.9 Å². The van der Waals surface area contributed by atoms with Crippen LogP contribution in [-0.2, 0) is 5.54 Å². The molecule has 4 heteroatoms. The number of benzene rings is 1. The topological polar surface area (TPSA) is 46.2 Å². The summed E-state index contributed by atoms with van der Waals surface area (Å²) in [5, 5.41) is 9.51. The number of rotatable bonds is 1. The van der Waals surface area contributed by atoms with Gasteiger partial charge in [0.15, 0.2) is 11.6 Å². The van der Waals surface area contributed by atoms with Gasteiger partial charge in [-0.25, -0.2) is 8.78 Å². The molecule has 0 bridgehead atoms. The summed E-state index contributed by atoms with van der Waals surface area (Å²) in [6, 6.07) is 1.92. The third-order valence-electron chi connectivity index (χ3n) is 3.07. The largest absolute Gasteiger partial charge is 0.505 e. The van der Waals surface area contributed by atoms with Crippen LogP contribution in [-0.4, -0.2) is 5.11 Å². The molecule has 82 valence electrons. The first-order chi connectivity index (χ1) is 7.04. The molecular formula is C11H13F2NO. The van der Waals surface area contributed by atoms with Crippen molar-refractivity contribution in [1.29, 1.82) is 0 Å². The number of phenolic OH excluding ortho intramolecular Hbond substituents is 1. The van der Waals surface area contributed by atoms with Gasteiger partial charge in [-0.2, -0.15) is 0 Å². The number of phenols is 1. The monoisotopic (exact) mass is 213 g/mol. The fourth-order valence-electron chi connectivity index (χ4n) is 2.27. The van der Waals surface area contributed by atoms with E-state index in [1.54, 1.807) is 0 Å². The van der Waals surface area contributed by atoms with Gasteiger partial charge in [-0.1, -0.05) is 12.8 Å². The molecule has 1 fully saturated rings. The van der Waals surface area contributed by atoms with E-state index >= 15 is 0 Å². The second-order valence-electron chi connectivity index (χ2n) is 4.12. The molecule has 3 N–H and O–H groups in total. The highest BCUT2D eigenvalue weighted by atomic mass is 19.1. The molecule has 0 aromatic heterocycles. The average Bonchev–Trinajstić information content (AvgIpc) is 2.60. The SMILES string of the molecule is NC1(c2c(F)ccc(F)c2O)CCCC1. The standard InChI is InChI=1S/C11H13F2NO/c12-7-3-4-8(13)10(15)9(7)11(14)5-1-2-6-11/h3-4,15H,1-2,5-6,14H2. The molecule has 2 nitrogen and oxygen atoms in total. The Morgan fingerprint density at radius 3 is 2.27 bits per heavy atom. The minimum Gasteiger partial charge on any atom is -0.505 e. The predicted molar refractivity (Wildman–Crippen MR) is 52.4 cm³/mol. The highest BCUT2D eigenvalue weighted by molar-refractivity contribution is 5.40. The van der Waals surface area contributed by atoms with E-state index in [1.165, 1.54) is 0 Å². The molecule has 0 spiro atoms. The molecule has 0 aliphatic heterocycles. The van der Waals surface area contributed by atoms with E-state index in [0.717, 1.165) is 25.0 Å². The van der Waals surface area contributed by atoms with E-state index in [-0.39, 0.29) is 5.56 Å². The quantitative estimate of drug-likeness (QED) is 0.752. The summed E-state index contributed by atoms with van der Waals surface area (Å²) in [6.45, 7) is 0. The molecule has 0 radical (unpaired) electrons. The summed E-state index contributed by atoms with van der Waals surface area (Å²) in [6.07, 6.45) is 2.93. The maximum absolute atomic E-state index is 13.5. The zero-order chi connectivity index (χ0) is 11.1. The Hall–Kier alpha value is -1.16.